The summed E-state index contributed by atoms with van der Waals surface area (Å²) < 4.78 is 0. The lowest BCUT2D eigenvalue weighted by molar-refractivity contribution is 0.523. The van der Waals surface area contributed by atoms with Crippen molar-refractivity contribution in [3.63, 3.8) is 0 Å². The Morgan fingerprint density at radius 2 is 1.17 bits per heavy atom. The minimum Gasteiger partial charge on any atom is -0.330 e. The molecule has 0 rings (SSSR count). The fraction of sp³-hybridized carbons (Fsp3) is 1.00. The zero-order chi connectivity index (χ0) is 18.5. The Morgan fingerprint density at radius 3 is 1.54 bits per heavy atom. The van der Waals surface area contributed by atoms with Gasteiger partial charge in [0.2, 0.25) is 0 Å². The predicted molar refractivity (Wildman–Crippen MR) is 108 cm³/mol. The fourth-order valence-corrected chi connectivity index (χ4v) is 2.09. The normalized spacial score (nSPS) is 13.2. The van der Waals surface area contributed by atoms with Gasteiger partial charge in [0.05, 0.1) is 0 Å². The maximum absolute atomic E-state index is 5.49. The first-order valence-corrected chi connectivity index (χ1v) is 9.88. The topological polar surface area (TPSA) is 128 Å². The van der Waals surface area contributed by atoms with Crippen molar-refractivity contribution in [1.29, 1.82) is 0 Å². The number of hydrogen-bond donors (Lipinski definition) is 6. The van der Waals surface area contributed by atoms with Gasteiger partial charge in [0, 0.05) is 25.2 Å². The average Bonchev–Trinajstić information content (AvgIpc) is 2.58. The highest BCUT2D eigenvalue weighted by Gasteiger charge is 1.97. The zero-order valence-electron chi connectivity index (χ0n) is 16.4. The molecule has 24 heavy (non-hydrogen) atoms. The van der Waals surface area contributed by atoms with Crippen molar-refractivity contribution in [2.24, 2.45) is 22.9 Å². The minimum absolute atomic E-state index is 0.221. The molecule has 2 atom stereocenters. The van der Waals surface area contributed by atoms with Crippen molar-refractivity contribution in [1.82, 2.24) is 10.6 Å². The summed E-state index contributed by atoms with van der Waals surface area (Å²) in [7, 11) is 0. The molecule has 0 radical (unpaired) electrons. The van der Waals surface area contributed by atoms with Gasteiger partial charge in [-0.1, -0.05) is 25.7 Å². The molecule has 0 spiro atoms. The first-order chi connectivity index (χ1) is 11.6. The van der Waals surface area contributed by atoms with Crippen LogP contribution in [0.3, 0.4) is 0 Å². The molecule has 0 heterocycles. The Bertz CT molecular complexity index is 202. The fourth-order valence-electron chi connectivity index (χ4n) is 2.09. The maximum atomic E-state index is 5.49. The highest BCUT2D eigenvalue weighted by Crippen LogP contribution is 1.98. The third kappa shape index (κ3) is 26.6. The number of hydrogen-bond acceptors (Lipinski definition) is 6. The molecular formula is C18H46N6. The summed E-state index contributed by atoms with van der Waals surface area (Å²) in [5.41, 5.74) is 21.7. The molecule has 0 amide bonds. The summed E-state index contributed by atoms with van der Waals surface area (Å²) in [6.45, 7) is 9.55. The van der Waals surface area contributed by atoms with Crippen LogP contribution in [0.4, 0.5) is 0 Å². The molecule has 2 unspecified atom stereocenters. The van der Waals surface area contributed by atoms with Crippen LogP contribution in [-0.2, 0) is 0 Å². The summed E-state index contributed by atoms with van der Waals surface area (Å²) in [4.78, 5) is 0. The molecule has 0 saturated heterocycles. The molecule has 0 bridgehead atoms. The summed E-state index contributed by atoms with van der Waals surface area (Å²) in [5, 5.41) is 6.66. The van der Waals surface area contributed by atoms with E-state index >= 15 is 0 Å². The minimum atomic E-state index is 0.221. The second-order valence-electron chi connectivity index (χ2n) is 6.68. The molecule has 0 aliphatic rings. The molecule has 0 aromatic heterocycles. The molecule has 0 saturated carbocycles. The number of unbranched alkanes of at least 4 members (excludes halogenated alkanes) is 6. The molecule has 0 aliphatic carbocycles. The number of nitrogens with one attached hydrogen (secondary N) is 2. The van der Waals surface area contributed by atoms with E-state index in [1.807, 2.05) is 13.8 Å². The summed E-state index contributed by atoms with van der Waals surface area (Å²) in [6.07, 6.45) is 10.2. The van der Waals surface area contributed by atoms with Crippen LogP contribution < -0.4 is 33.6 Å². The van der Waals surface area contributed by atoms with Gasteiger partial charge in [-0.3, -0.25) is 0 Å². The molecule has 148 valence electrons. The van der Waals surface area contributed by atoms with Gasteiger partial charge in [0.1, 0.15) is 0 Å². The predicted octanol–water partition coefficient (Wildman–Crippen LogP) is 0.885. The van der Waals surface area contributed by atoms with E-state index in [0.29, 0.717) is 12.6 Å². The van der Waals surface area contributed by atoms with Crippen LogP contribution in [0.15, 0.2) is 0 Å². The van der Waals surface area contributed by atoms with Gasteiger partial charge in [0.15, 0.2) is 0 Å². The summed E-state index contributed by atoms with van der Waals surface area (Å²) in [6, 6.07) is 0.606. The lowest BCUT2D eigenvalue weighted by Crippen LogP contribution is -2.40. The largest absolute Gasteiger partial charge is 0.330 e. The van der Waals surface area contributed by atoms with E-state index in [0.717, 1.165) is 19.6 Å². The quantitative estimate of drug-likeness (QED) is 0.230. The molecule has 0 aromatic rings. The molecule has 0 aliphatic heterocycles. The molecule has 6 nitrogen and oxygen atoms in total. The Hall–Kier alpha value is -0.240. The van der Waals surface area contributed by atoms with E-state index in [9.17, 15) is 0 Å². The van der Waals surface area contributed by atoms with Gasteiger partial charge in [-0.2, -0.15) is 0 Å². The van der Waals surface area contributed by atoms with E-state index in [1.54, 1.807) is 0 Å². The summed E-state index contributed by atoms with van der Waals surface area (Å²) in [5.74, 6) is 0. The maximum Gasteiger partial charge on any atom is 0.0162 e. The van der Waals surface area contributed by atoms with Crippen LogP contribution in [0.1, 0.15) is 65.2 Å². The molecular weight excluding hydrogens is 300 g/mol. The highest BCUT2D eigenvalue weighted by molar-refractivity contribution is 4.64. The lowest BCUT2D eigenvalue weighted by atomic mass is 10.2. The van der Waals surface area contributed by atoms with E-state index in [2.05, 4.69) is 10.6 Å². The van der Waals surface area contributed by atoms with E-state index in [-0.39, 0.29) is 6.04 Å². The van der Waals surface area contributed by atoms with Crippen LogP contribution >= 0.6 is 0 Å². The average molecular weight is 347 g/mol. The zero-order valence-corrected chi connectivity index (χ0v) is 16.4. The SMILES string of the molecule is CC(N)CNC(C)CN.NCCCCCCNCCCCCCN. The van der Waals surface area contributed by atoms with Gasteiger partial charge < -0.3 is 33.6 Å². The van der Waals surface area contributed by atoms with Crippen LogP contribution in [0.2, 0.25) is 0 Å². The molecule has 0 aromatic carbocycles. The van der Waals surface area contributed by atoms with Crippen molar-refractivity contribution in [3.8, 4) is 0 Å². The van der Waals surface area contributed by atoms with Crippen LogP contribution in [0.25, 0.3) is 0 Å². The van der Waals surface area contributed by atoms with Gasteiger partial charge in [-0.05, 0) is 65.7 Å². The Kier molecular flexibility index (Phi) is 24.7. The second kappa shape index (κ2) is 22.8. The highest BCUT2D eigenvalue weighted by atomic mass is 14.9. The van der Waals surface area contributed by atoms with Crippen LogP contribution in [0.5, 0.6) is 0 Å². The van der Waals surface area contributed by atoms with Crippen molar-refractivity contribution < 1.29 is 0 Å². The van der Waals surface area contributed by atoms with Gasteiger partial charge in [0.25, 0.3) is 0 Å². The lowest BCUT2D eigenvalue weighted by Gasteiger charge is -2.12. The van der Waals surface area contributed by atoms with E-state index in [1.165, 1.54) is 64.5 Å². The first kappa shape index (κ1) is 26.0. The second-order valence-corrected chi connectivity index (χ2v) is 6.68. The molecule has 0 fully saturated rings. The Balaban J connectivity index is 0. The number of nitrogens with two attached hydrogens (primary N) is 4. The molecule has 10 N–H and O–H groups in total. The van der Waals surface area contributed by atoms with E-state index in [4.69, 9.17) is 22.9 Å². The monoisotopic (exact) mass is 346 g/mol. The van der Waals surface area contributed by atoms with Crippen LogP contribution in [-0.4, -0.2) is 51.4 Å². The van der Waals surface area contributed by atoms with Gasteiger partial charge in [-0.25, -0.2) is 0 Å². The molecule has 6 heteroatoms. The third-order valence-electron chi connectivity index (χ3n) is 3.76. The Morgan fingerprint density at radius 1 is 0.708 bits per heavy atom. The van der Waals surface area contributed by atoms with Crippen molar-refractivity contribution >= 4 is 0 Å². The van der Waals surface area contributed by atoms with Crippen molar-refractivity contribution in [2.75, 3.05) is 39.3 Å². The van der Waals surface area contributed by atoms with Crippen molar-refractivity contribution in [3.05, 3.63) is 0 Å². The number of rotatable bonds is 16. The Labute approximate surface area is 150 Å². The first-order valence-electron chi connectivity index (χ1n) is 9.88. The van der Waals surface area contributed by atoms with Crippen molar-refractivity contribution in [2.45, 2.75) is 77.3 Å². The smallest absolute Gasteiger partial charge is 0.0162 e. The van der Waals surface area contributed by atoms with Gasteiger partial charge >= 0.3 is 0 Å². The van der Waals surface area contributed by atoms with Gasteiger partial charge in [-0.15, -0.1) is 0 Å². The standard InChI is InChI=1S/C12H29N3.C6H17N3/c13-9-5-1-3-7-11-15-12-8-4-2-6-10-14;1-5(8)4-9-6(2)3-7/h15H,1-14H2;5-6,9H,3-4,7-8H2,1-2H3. The van der Waals surface area contributed by atoms with Crippen LogP contribution in [0, 0.1) is 0 Å². The van der Waals surface area contributed by atoms with E-state index < -0.39 is 0 Å². The summed E-state index contributed by atoms with van der Waals surface area (Å²) >= 11 is 0. The third-order valence-corrected chi connectivity index (χ3v) is 3.76.